The van der Waals surface area contributed by atoms with E-state index in [4.69, 9.17) is 23.7 Å². The van der Waals surface area contributed by atoms with Gasteiger partial charge in [0.25, 0.3) is 0 Å². The number of rotatable bonds is 17. The van der Waals surface area contributed by atoms with Crippen molar-refractivity contribution in [2.45, 2.75) is 60.4 Å². The molecule has 4 aromatic heterocycles. The molecule has 0 unspecified atom stereocenters. The van der Waals surface area contributed by atoms with Crippen LogP contribution in [0.4, 0.5) is 17.8 Å². The molecule has 0 atom stereocenters. The largest absolute Gasteiger partial charge is 0.497 e. The Morgan fingerprint density at radius 3 is 1.36 bits per heavy atom. The van der Waals surface area contributed by atoms with Gasteiger partial charge in [-0.15, -0.1) is 0 Å². The van der Waals surface area contributed by atoms with Gasteiger partial charge in [0.05, 0.1) is 59.0 Å². The van der Waals surface area contributed by atoms with Gasteiger partial charge in [0, 0.05) is 90.6 Å². The summed E-state index contributed by atoms with van der Waals surface area (Å²) in [6.07, 6.45) is 17.7. The van der Waals surface area contributed by atoms with Crippen molar-refractivity contribution < 1.29 is 48.0 Å². The van der Waals surface area contributed by atoms with Crippen LogP contribution in [0.3, 0.4) is 0 Å². The van der Waals surface area contributed by atoms with Crippen LogP contribution >= 0.6 is 0 Å². The Hall–Kier alpha value is -10.2. The number of carbonyl (C=O) groups excluding carboxylic acids is 2. The Balaban J connectivity index is 0.000000196. The topological polar surface area (TPSA) is 249 Å². The molecule has 0 saturated carbocycles. The van der Waals surface area contributed by atoms with Crippen LogP contribution in [0.1, 0.15) is 108 Å². The second-order valence-electron chi connectivity index (χ2n) is 20.5. The van der Waals surface area contributed by atoms with Crippen molar-refractivity contribution in [3.8, 4) is 17.2 Å². The van der Waals surface area contributed by atoms with Crippen molar-refractivity contribution >= 4 is 82.0 Å². The SMILES string of the molecule is C.CN(C)c1ncc(C=O)cn1.COc1ccc2c(c1)C(CC(=O)NCc1ccco1)=C(C)/C2=C/c1cnc(N(C)C)nc1.COc1ccc2c(c1)C(CC(=O)O)=C(C)/C2=C/c1cnc(N(C)C)nc1.COc1ccc2c(c1)C(CC(=O)O)=C(C)C2. The van der Waals surface area contributed by atoms with Gasteiger partial charge in [-0.3, -0.25) is 19.2 Å². The number of allylic oxidation sites excluding steroid dienone is 5. The highest BCUT2D eigenvalue weighted by Crippen LogP contribution is 2.46. The van der Waals surface area contributed by atoms with E-state index >= 15 is 0 Å². The van der Waals surface area contributed by atoms with Crippen LogP contribution in [-0.2, 0) is 27.3 Å². The summed E-state index contributed by atoms with van der Waals surface area (Å²) in [5, 5.41) is 21.1. The molecule has 0 fully saturated rings. The van der Waals surface area contributed by atoms with Gasteiger partial charge in [0.2, 0.25) is 23.8 Å². The van der Waals surface area contributed by atoms with Gasteiger partial charge in [-0.25, -0.2) is 29.9 Å². The first-order valence-corrected chi connectivity index (χ1v) is 26.9. The number of anilines is 3. The predicted molar refractivity (Wildman–Crippen MR) is 337 cm³/mol. The van der Waals surface area contributed by atoms with Crippen molar-refractivity contribution in [1.29, 1.82) is 0 Å². The van der Waals surface area contributed by atoms with Crippen LogP contribution in [0, 0.1) is 0 Å². The number of methoxy groups -OCH3 is 3. The quantitative estimate of drug-likeness (QED) is 0.0717. The number of benzene rings is 3. The number of carbonyl (C=O) groups is 4. The summed E-state index contributed by atoms with van der Waals surface area (Å²) in [6.45, 7) is 6.35. The first kappa shape index (κ1) is 64.9. The van der Waals surface area contributed by atoms with E-state index in [0.717, 1.165) is 113 Å². The van der Waals surface area contributed by atoms with Crippen molar-refractivity contribution in [3.05, 3.63) is 183 Å². The molecule has 20 nitrogen and oxygen atoms in total. The summed E-state index contributed by atoms with van der Waals surface area (Å²) in [5.41, 5.74) is 16.4. The van der Waals surface area contributed by atoms with Crippen LogP contribution in [0.25, 0.3) is 40.0 Å². The van der Waals surface area contributed by atoms with Crippen molar-refractivity contribution in [2.75, 3.05) is 78.3 Å². The van der Waals surface area contributed by atoms with E-state index in [9.17, 15) is 24.3 Å². The monoisotopic (exact) mass is 1170 g/mol. The minimum Gasteiger partial charge on any atom is -0.497 e. The predicted octanol–water partition coefficient (Wildman–Crippen LogP) is 11.0. The van der Waals surface area contributed by atoms with Crippen LogP contribution in [0.5, 0.6) is 17.2 Å². The fourth-order valence-corrected chi connectivity index (χ4v) is 9.57. The van der Waals surface area contributed by atoms with Crippen molar-refractivity contribution in [2.24, 2.45) is 0 Å². The van der Waals surface area contributed by atoms with Gasteiger partial charge >= 0.3 is 11.9 Å². The molecule has 3 aliphatic carbocycles. The molecule has 86 heavy (non-hydrogen) atoms. The normalized spacial score (nSPS) is 13.3. The minimum atomic E-state index is -0.854. The highest BCUT2D eigenvalue weighted by atomic mass is 16.5. The van der Waals surface area contributed by atoms with Gasteiger partial charge in [-0.1, -0.05) is 31.2 Å². The number of nitrogens with zero attached hydrogens (tertiary/aromatic N) is 9. The molecule has 3 N–H and O–H groups in total. The Labute approximate surface area is 502 Å². The molecule has 7 aromatic rings. The first-order chi connectivity index (χ1) is 40.7. The van der Waals surface area contributed by atoms with Crippen molar-refractivity contribution in [1.82, 2.24) is 35.2 Å². The molecule has 0 saturated heterocycles. The van der Waals surface area contributed by atoms with E-state index in [2.05, 4.69) is 41.3 Å². The lowest BCUT2D eigenvalue weighted by atomic mass is 10.0. The zero-order chi connectivity index (χ0) is 61.5. The molecular weight excluding hydrogens is 1090 g/mol. The number of furan rings is 1. The Bertz CT molecular complexity index is 3710. The maximum atomic E-state index is 12.7. The number of hydrogen-bond acceptors (Lipinski definition) is 17. The molecule has 3 aliphatic rings. The van der Waals surface area contributed by atoms with Gasteiger partial charge in [-0.05, 0) is 160 Å². The summed E-state index contributed by atoms with van der Waals surface area (Å²) in [4.78, 5) is 75.8. The maximum Gasteiger partial charge on any atom is 0.307 e. The Morgan fingerprint density at radius 1 is 0.558 bits per heavy atom. The number of aliphatic carboxylic acids is 2. The lowest BCUT2D eigenvalue weighted by Crippen LogP contribution is -2.22. The van der Waals surface area contributed by atoms with Gasteiger partial charge in [0.15, 0.2) is 6.29 Å². The maximum absolute atomic E-state index is 12.7. The van der Waals surface area contributed by atoms with E-state index in [-0.39, 0.29) is 32.6 Å². The van der Waals surface area contributed by atoms with Gasteiger partial charge in [0.1, 0.15) is 23.0 Å². The smallest absolute Gasteiger partial charge is 0.307 e. The third kappa shape index (κ3) is 16.3. The summed E-state index contributed by atoms with van der Waals surface area (Å²) in [6, 6.07) is 21.2. The molecule has 0 aliphatic heterocycles. The average Bonchev–Trinajstić information content (AvgIpc) is 1.75. The van der Waals surface area contributed by atoms with Crippen LogP contribution in [0.15, 0.2) is 131 Å². The van der Waals surface area contributed by atoms with Crippen LogP contribution in [-0.4, -0.2) is 128 Å². The standard InChI is InChI=1S/C25H26N4O3.C20H21N3O3.C13H14O3.C7H9N3O.CH4/c1-16-21(10-17-13-27-25(28-14-17)29(2)3)20-8-7-18(31-4)11-23(20)22(16)12-24(30)26-15-19-6-5-9-32-19;1-12-16(7-13-10-21-20(22-11-13)23(2)3)15-6-5-14(26-4)8-18(15)17(12)9-19(24)25;1-8-5-9-3-4-10(16-2)6-12(9)11(8)7-13(14)15;1-10(2)7-8-3-6(5-11)4-9-7;/h5-11,13-14H,12,15H2,1-4H3,(H,26,30);5-8,10-11H,9H2,1-4H3,(H,24,25);3-4,6H,5,7H2,1-2H3,(H,14,15);3-5H,1-2H3;1H4/b21-10-;16-7-;;;. The summed E-state index contributed by atoms with van der Waals surface area (Å²) < 4.78 is 21.2. The van der Waals surface area contributed by atoms with E-state index in [0.29, 0.717) is 35.7 Å². The highest BCUT2D eigenvalue weighted by Gasteiger charge is 2.28. The molecule has 0 spiro atoms. The third-order valence-electron chi connectivity index (χ3n) is 14.0. The minimum absolute atomic E-state index is 0. The fraction of sp³-hybridized carbons (Fsp3) is 0.273. The van der Waals surface area contributed by atoms with E-state index in [1.165, 1.54) is 18.0 Å². The molecule has 0 bridgehead atoms. The number of nitrogens with one attached hydrogen (secondary N) is 1. The summed E-state index contributed by atoms with van der Waals surface area (Å²) >= 11 is 0. The molecule has 4 heterocycles. The average molecular weight is 1170 g/mol. The molecular formula is C66H74N10O10. The molecule has 3 aromatic carbocycles. The van der Waals surface area contributed by atoms with E-state index in [1.54, 1.807) is 63.3 Å². The second-order valence-corrected chi connectivity index (χ2v) is 20.5. The van der Waals surface area contributed by atoms with Crippen molar-refractivity contribution in [3.63, 3.8) is 0 Å². The second kappa shape index (κ2) is 29.8. The van der Waals surface area contributed by atoms with Crippen LogP contribution in [0.2, 0.25) is 0 Å². The number of aldehydes is 1. The zero-order valence-corrected chi connectivity index (χ0v) is 49.8. The molecule has 0 radical (unpaired) electrons. The lowest BCUT2D eigenvalue weighted by molar-refractivity contribution is -0.136. The van der Waals surface area contributed by atoms with Gasteiger partial charge < -0.3 is 48.9 Å². The summed E-state index contributed by atoms with van der Waals surface area (Å²) in [5.74, 6) is 3.16. The number of aromatic nitrogens is 6. The molecule has 20 heteroatoms. The number of carboxylic acid groups (broad SMARTS) is 2. The van der Waals surface area contributed by atoms with Gasteiger partial charge in [-0.2, -0.15) is 0 Å². The van der Waals surface area contributed by atoms with E-state index in [1.807, 2.05) is 140 Å². The highest BCUT2D eigenvalue weighted by molar-refractivity contribution is 6.09. The van der Waals surface area contributed by atoms with Crippen LogP contribution < -0.4 is 34.2 Å². The number of carboxylic acids is 2. The van der Waals surface area contributed by atoms with E-state index < -0.39 is 11.9 Å². The molecule has 10 rings (SSSR count). The number of amides is 1. The molecule has 448 valence electrons. The summed E-state index contributed by atoms with van der Waals surface area (Å²) in [7, 11) is 16.1. The molecule has 1 amide bonds. The number of hydrogen-bond donors (Lipinski definition) is 3. The lowest BCUT2D eigenvalue weighted by Gasteiger charge is -2.09. The Morgan fingerprint density at radius 2 is 0.965 bits per heavy atom. The number of fused-ring (bicyclic) bond motifs is 3. The Kier molecular flexibility index (Phi) is 22.5. The number of ether oxygens (including phenoxy) is 3. The zero-order valence-electron chi connectivity index (χ0n) is 49.8. The first-order valence-electron chi connectivity index (χ1n) is 26.9. The fourth-order valence-electron chi connectivity index (χ4n) is 9.57. The third-order valence-corrected chi connectivity index (χ3v) is 14.0.